The van der Waals surface area contributed by atoms with Gasteiger partial charge in [-0.15, -0.1) is 0 Å². The summed E-state index contributed by atoms with van der Waals surface area (Å²) in [4.78, 5) is 18.1. The number of Topliss-reactive ketones (excluding diaryl/α,β-unsaturated/α-hetero) is 1. The van der Waals surface area contributed by atoms with E-state index >= 15 is 0 Å². The molecule has 0 aliphatic carbocycles. The number of fused-ring (bicyclic) bond motifs is 1. The van der Waals surface area contributed by atoms with Gasteiger partial charge in [-0.05, 0) is 24.6 Å². The van der Waals surface area contributed by atoms with E-state index in [1.165, 1.54) is 0 Å². The number of ketones is 1. The zero-order valence-electron chi connectivity index (χ0n) is 12.0. The number of hydrogen-bond donors (Lipinski definition) is 0. The molecule has 21 heavy (non-hydrogen) atoms. The van der Waals surface area contributed by atoms with Gasteiger partial charge in [0.25, 0.3) is 0 Å². The van der Waals surface area contributed by atoms with Crippen LogP contribution in [0.1, 0.15) is 30.1 Å². The van der Waals surface area contributed by atoms with E-state index in [-0.39, 0.29) is 5.78 Å². The van der Waals surface area contributed by atoms with Crippen molar-refractivity contribution in [3.63, 3.8) is 0 Å². The summed E-state index contributed by atoms with van der Waals surface area (Å²) < 4.78 is 1.67. The lowest BCUT2D eigenvalue weighted by Gasteiger charge is -2.06. The van der Waals surface area contributed by atoms with Crippen LogP contribution in [0, 0.1) is 0 Å². The molecule has 0 aliphatic heterocycles. The Kier molecular flexibility index (Phi) is 3.73. The van der Waals surface area contributed by atoms with Crippen LogP contribution >= 0.6 is 0 Å². The van der Waals surface area contributed by atoms with Gasteiger partial charge in [-0.3, -0.25) is 4.79 Å². The second-order valence-electron chi connectivity index (χ2n) is 4.96. The van der Waals surface area contributed by atoms with Gasteiger partial charge in [-0.25, -0.2) is 0 Å². The summed E-state index contributed by atoms with van der Waals surface area (Å²) in [5.74, 6) is 0.900. The molecule has 1 heterocycles. The zero-order valence-corrected chi connectivity index (χ0v) is 12.0. The normalized spacial score (nSPS) is 10.7. The third kappa shape index (κ3) is 2.68. The van der Waals surface area contributed by atoms with Crippen molar-refractivity contribution in [2.75, 3.05) is 0 Å². The Hall–Kier alpha value is -2.55. The molecule has 0 bridgehead atoms. The standard InChI is InChI=1S/C18H17NO2/c1-2-8-18(20)16-13-19(17-12-7-6-11-15(16)17)21-14-9-4-3-5-10-14/h3-7,9-13H,2,8H2,1H3. The van der Waals surface area contributed by atoms with Gasteiger partial charge in [0.2, 0.25) is 0 Å². The molecule has 0 unspecified atom stereocenters. The highest BCUT2D eigenvalue weighted by molar-refractivity contribution is 6.08. The maximum atomic E-state index is 12.3. The predicted octanol–water partition coefficient (Wildman–Crippen LogP) is 4.47. The number of nitrogens with zero attached hydrogens (tertiary/aromatic N) is 1. The Morgan fingerprint density at radius 3 is 2.52 bits per heavy atom. The highest BCUT2D eigenvalue weighted by Crippen LogP contribution is 2.24. The first kappa shape index (κ1) is 13.4. The number of benzene rings is 2. The largest absolute Gasteiger partial charge is 0.375 e. The molecule has 0 saturated carbocycles. The molecule has 0 fully saturated rings. The average Bonchev–Trinajstić information content (AvgIpc) is 2.88. The van der Waals surface area contributed by atoms with Crippen molar-refractivity contribution in [1.82, 2.24) is 4.73 Å². The van der Waals surface area contributed by atoms with E-state index in [9.17, 15) is 4.79 Å². The van der Waals surface area contributed by atoms with Crippen molar-refractivity contribution in [3.05, 3.63) is 66.4 Å². The molecule has 1 aromatic heterocycles. The molecule has 0 spiro atoms. The molecule has 2 aromatic carbocycles. The van der Waals surface area contributed by atoms with Gasteiger partial charge in [-0.1, -0.05) is 43.3 Å². The third-order valence-electron chi connectivity index (χ3n) is 3.40. The maximum absolute atomic E-state index is 12.3. The van der Waals surface area contributed by atoms with Crippen LogP contribution in [0.15, 0.2) is 60.8 Å². The molecule has 0 N–H and O–H groups in total. The summed E-state index contributed by atoms with van der Waals surface area (Å²) in [5, 5.41) is 0.937. The Bertz CT molecular complexity index is 759. The van der Waals surface area contributed by atoms with Crippen molar-refractivity contribution < 1.29 is 9.63 Å². The van der Waals surface area contributed by atoms with Crippen molar-refractivity contribution in [3.8, 4) is 5.75 Å². The van der Waals surface area contributed by atoms with E-state index in [0.717, 1.165) is 28.6 Å². The monoisotopic (exact) mass is 279 g/mol. The van der Waals surface area contributed by atoms with Crippen LogP contribution < -0.4 is 4.84 Å². The summed E-state index contributed by atoms with van der Waals surface area (Å²) in [6.45, 7) is 2.01. The summed E-state index contributed by atoms with van der Waals surface area (Å²) in [5.41, 5.74) is 1.63. The number of rotatable bonds is 5. The minimum Gasteiger partial charge on any atom is -0.375 e. The lowest BCUT2D eigenvalue weighted by molar-refractivity contribution is 0.0981. The first-order valence-electron chi connectivity index (χ1n) is 7.16. The van der Waals surface area contributed by atoms with Gasteiger partial charge in [0.05, 0.1) is 11.7 Å². The highest BCUT2D eigenvalue weighted by atomic mass is 16.7. The van der Waals surface area contributed by atoms with Crippen molar-refractivity contribution in [2.24, 2.45) is 0 Å². The van der Waals surface area contributed by atoms with Crippen LogP contribution in [0.2, 0.25) is 0 Å². The molecular formula is C18H17NO2. The van der Waals surface area contributed by atoms with Crippen molar-refractivity contribution in [1.29, 1.82) is 0 Å². The van der Waals surface area contributed by atoms with Crippen molar-refractivity contribution in [2.45, 2.75) is 19.8 Å². The third-order valence-corrected chi connectivity index (χ3v) is 3.40. The molecule has 106 valence electrons. The van der Waals surface area contributed by atoms with E-state index in [0.29, 0.717) is 6.42 Å². The van der Waals surface area contributed by atoms with Crippen LogP contribution in [0.4, 0.5) is 0 Å². The second-order valence-corrected chi connectivity index (χ2v) is 4.96. The smallest absolute Gasteiger partial charge is 0.165 e. The molecule has 3 aromatic rings. The van der Waals surface area contributed by atoms with E-state index in [4.69, 9.17) is 4.84 Å². The first-order chi connectivity index (χ1) is 10.3. The quantitative estimate of drug-likeness (QED) is 0.645. The van der Waals surface area contributed by atoms with Crippen LogP contribution in [-0.2, 0) is 0 Å². The van der Waals surface area contributed by atoms with Gasteiger partial charge in [-0.2, -0.15) is 4.73 Å². The number of carbonyl (C=O) groups excluding carboxylic acids is 1. The van der Waals surface area contributed by atoms with Crippen molar-refractivity contribution >= 4 is 16.7 Å². The number of para-hydroxylation sites is 2. The Morgan fingerprint density at radius 2 is 1.76 bits per heavy atom. The Morgan fingerprint density at radius 1 is 1.05 bits per heavy atom. The summed E-state index contributed by atoms with van der Waals surface area (Å²) in [6, 6.07) is 17.4. The van der Waals surface area contributed by atoms with E-state index in [1.807, 2.05) is 61.5 Å². The SMILES string of the molecule is CCCC(=O)c1cn(Oc2ccccc2)c2ccccc12. The minimum atomic E-state index is 0.157. The van der Waals surface area contributed by atoms with Gasteiger partial charge >= 0.3 is 0 Å². The van der Waals surface area contributed by atoms with Crippen LogP contribution in [0.25, 0.3) is 10.9 Å². The molecule has 3 rings (SSSR count). The van der Waals surface area contributed by atoms with Gasteiger partial charge < -0.3 is 4.84 Å². The van der Waals surface area contributed by atoms with Crippen LogP contribution in [0.5, 0.6) is 5.75 Å². The highest BCUT2D eigenvalue weighted by Gasteiger charge is 2.15. The Labute approximate surface area is 123 Å². The minimum absolute atomic E-state index is 0.157. The summed E-state index contributed by atoms with van der Waals surface area (Å²) >= 11 is 0. The Balaban J connectivity index is 2.05. The van der Waals surface area contributed by atoms with Gasteiger partial charge in [0.15, 0.2) is 11.5 Å². The maximum Gasteiger partial charge on any atom is 0.165 e. The van der Waals surface area contributed by atoms with Crippen LogP contribution in [0.3, 0.4) is 0 Å². The average molecular weight is 279 g/mol. The van der Waals surface area contributed by atoms with E-state index in [2.05, 4.69) is 0 Å². The lowest BCUT2D eigenvalue weighted by atomic mass is 10.1. The molecule has 0 radical (unpaired) electrons. The molecule has 3 nitrogen and oxygen atoms in total. The molecule has 0 amide bonds. The van der Waals surface area contributed by atoms with Gasteiger partial charge in [0, 0.05) is 17.4 Å². The molecule has 0 aliphatic rings. The fraction of sp³-hybridized carbons (Fsp3) is 0.167. The van der Waals surface area contributed by atoms with Gasteiger partial charge in [0.1, 0.15) is 0 Å². The van der Waals surface area contributed by atoms with Crippen LogP contribution in [-0.4, -0.2) is 10.5 Å². The van der Waals surface area contributed by atoms with E-state index in [1.54, 1.807) is 10.9 Å². The first-order valence-corrected chi connectivity index (χ1v) is 7.16. The summed E-state index contributed by atoms with van der Waals surface area (Å²) in [7, 11) is 0. The second kappa shape index (κ2) is 5.83. The fourth-order valence-corrected chi connectivity index (χ4v) is 2.40. The summed E-state index contributed by atoms with van der Waals surface area (Å²) in [6.07, 6.45) is 3.19. The number of carbonyl (C=O) groups is 1. The molecule has 0 saturated heterocycles. The predicted molar refractivity (Wildman–Crippen MR) is 83.6 cm³/mol. The van der Waals surface area contributed by atoms with E-state index < -0.39 is 0 Å². The zero-order chi connectivity index (χ0) is 14.7. The molecule has 0 atom stereocenters. The molecular weight excluding hydrogens is 262 g/mol. The lowest BCUT2D eigenvalue weighted by Crippen LogP contribution is -2.03. The number of aromatic nitrogens is 1. The number of hydrogen-bond acceptors (Lipinski definition) is 2. The molecule has 3 heteroatoms. The topological polar surface area (TPSA) is 31.2 Å². The fourth-order valence-electron chi connectivity index (χ4n) is 2.40.